The predicted molar refractivity (Wildman–Crippen MR) is 110 cm³/mol. The molecule has 0 aliphatic carbocycles. The fraction of sp³-hybridized carbons (Fsp3) is 0.435. The zero-order chi connectivity index (χ0) is 18.3. The highest BCUT2D eigenvalue weighted by Crippen LogP contribution is 2.38. The van der Waals surface area contributed by atoms with Gasteiger partial charge < -0.3 is 9.88 Å². The van der Waals surface area contributed by atoms with E-state index in [4.69, 9.17) is 0 Å². The number of hydrogen-bond acceptors (Lipinski definition) is 2. The molecule has 0 spiro atoms. The maximum atomic E-state index is 4.36. The van der Waals surface area contributed by atoms with Crippen LogP contribution in [-0.2, 0) is 0 Å². The molecule has 1 aromatic carbocycles. The average molecular weight is 348 g/mol. The van der Waals surface area contributed by atoms with E-state index in [1.807, 2.05) is 6.20 Å². The molecule has 2 aromatic heterocycles. The van der Waals surface area contributed by atoms with Gasteiger partial charge in [0.05, 0.1) is 5.69 Å². The number of nitrogens with zero attached hydrogens (tertiary/aromatic N) is 2. The first-order chi connectivity index (χ1) is 12.5. The summed E-state index contributed by atoms with van der Waals surface area (Å²) in [6.45, 7) is 9.05. The first-order valence-electron chi connectivity index (χ1n) is 9.80. The van der Waals surface area contributed by atoms with Crippen LogP contribution in [0.4, 0.5) is 0 Å². The molecule has 26 heavy (non-hydrogen) atoms. The van der Waals surface area contributed by atoms with E-state index in [9.17, 15) is 0 Å². The van der Waals surface area contributed by atoms with E-state index in [0.717, 1.165) is 5.69 Å². The number of aromatic nitrogens is 2. The third-order valence-corrected chi connectivity index (χ3v) is 5.82. The van der Waals surface area contributed by atoms with Gasteiger partial charge in [-0.25, -0.2) is 0 Å². The van der Waals surface area contributed by atoms with Gasteiger partial charge >= 0.3 is 0 Å². The van der Waals surface area contributed by atoms with Crippen molar-refractivity contribution >= 4 is 10.9 Å². The normalized spacial score (nSPS) is 16.7. The van der Waals surface area contributed by atoms with E-state index < -0.39 is 0 Å². The summed E-state index contributed by atoms with van der Waals surface area (Å²) in [5.41, 5.74) is 7.72. The van der Waals surface area contributed by atoms with Crippen molar-refractivity contribution < 1.29 is 0 Å². The van der Waals surface area contributed by atoms with E-state index in [1.165, 1.54) is 59.2 Å². The van der Waals surface area contributed by atoms with Gasteiger partial charge in [0.2, 0.25) is 0 Å². The predicted octanol–water partition coefficient (Wildman–Crippen LogP) is 5.47. The molecule has 0 radical (unpaired) electrons. The van der Waals surface area contributed by atoms with Crippen LogP contribution in [0.2, 0.25) is 0 Å². The molecule has 136 valence electrons. The van der Waals surface area contributed by atoms with Gasteiger partial charge in [-0.1, -0.05) is 19.9 Å². The number of pyridine rings is 1. The molecule has 3 heterocycles. The Hall–Kier alpha value is -2.13. The quantitative estimate of drug-likeness (QED) is 0.681. The molecular weight excluding hydrogens is 318 g/mol. The first kappa shape index (κ1) is 17.3. The lowest BCUT2D eigenvalue weighted by atomic mass is 9.87. The number of nitrogens with one attached hydrogen (secondary N) is 1. The Balaban J connectivity index is 1.81. The molecule has 1 aliphatic rings. The summed E-state index contributed by atoms with van der Waals surface area (Å²) < 4.78 is 0. The molecule has 4 rings (SSSR count). The Kier molecular flexibility index (Phi) is 4.58. The number of rotatable bonds is 3. The molecule has 0 unspecified atom stereocenters. The van der Waals surface area contributed by atoms with Crippen LogP contribution in [-0.4, -0.2) is 35.0 Å². The van der Waals surface area contributed by atoms with Crippen LogP contribution in [0.1, 0.15) is 55.3 Å². The number of piperidine rings is 1. The van der Waals surface area contributed by atoms with Crippen molar-refractivity contribution in [1.29, 1.82) is 0 Å². The largest absolute Gasteiger partial charge is 0.354 e. The molecule has 0 atom stereocenters. The smallest absolute Gasteiger partial charge is 0.0501 e. The van der Waals surface area contributed by atoms with Gasteiger partial charge in [0.25, 0.3) is 0 Å². The fourth-order valence-electron chi connectivity index (χ4n) is 4.35. The monoisotopic (exact) mass is 347 g/mol. The Morgan fingerprint density at radius 3 is 2.58 bits per heavy atom. The number of fused-ring (bicyclic) bond motifs is 1. The molecule has 1 N–H and O–H groups in total. The van der Waals surface area contributed by atoms with Gasteiger partial charge in [-0.05, 0) is 87.1 Å². The minimum atomic E-state index is 0.472. The molecule has 0 saturated carbocycles. The molecule has 1 saturated heterocycles. The highest BCUT2D eigenvalue weighted by molar-refractivity contribution is 5.92. The Morgan fingerprint density at radius 2 is 1.88 bits per heavy atom. The second-order valence-corrected chi connectivity index (χ2v) is 8.14. The van der Waals surface area contributed by atoms with E-state index in [-0.39, 0.29) is 0 Å². The van der Waals surface area contributed by atoms with Crippen molar-refractivity contribution in [3.63, 3.8) is 0 Å². The number of aryl methyl sites for hydroxylation is 1. The molecule has 0 amide bonds. The van der Waals surface area contributed by atoms with Crippen molar-refractivity contribution in [3.05, 3.63) is 53.3 Å². The topological polar surface area (TPSA) is 31.9 Å². The number of benzene rings is 1. The summed E-state index contributed by atoms with van der Waals surface area (Å²) in [4.78, 5) is 10.5. The van der Waals surface area contributed by atoms with Crippen LogP contribution in [0, 0.1) is 6.92 Å². The van der Waals surface area contributed by atoms with Gasteiger partial charge in [-0.15, -0.1) is 0 Å². The lowest BCUT2D eigenvalue weighted by Gasteiger charge is -2.29. The maximum Gasteiger partial charge on any atom is 0.0501 e. The van der Waals surface area contributed by atoms with E-state index in [1.54, 1.807) is 0 Å². The maximum absolute atomic E-state index is 4.36. The Morgan fingerprint density at radius 1 is 1.12 bits per heavy atom. The summed E-state index contributed by atoms with van der Waals surface area (Å²) in [5.74, 6) is 1.16. The molecule has 1 aliphatic heterocycles. The van der Waals surface area contributed by atoms with Crippen molar-refractivity contribution in [2.45, 2.75) is 45.4 Å². The van der Waals surface area contributed by atoms with Crippen molar-refractivity contribution in [2.75, 3.05) is 20.1 Å². The summed E-state index contributed by atoms with van der Waals surface area (Å²) in [6.07, 6.45) is 4.43. The second-order valence-electron chi connectivity index (χ2n) is 8.14. The van der Waals surface area contributed by atoms with Gasteiger partial charge in [-0.2, -0.15) is 0 Å². The van der Waals surface area contributed by atoms with Crippen LogP contribution in [0.5, 0.6) is 0 Å². The zero-order valence-electron chi connectivity index (χ0n) is 16.3. The summed E-state index contributed by atoms with van der Waals surface area (Å²) in [5, 5.41) is 1.39. The minimum Gasteiger partial charge on any atom is -0.354 e. The first-order valence-corrected chi connectivity index (χ1v) is 9.80. The van der Waals surface area contributed by atoms with Crippen molar-refractivity contribution in [2.24, 2.45) is 0 Å². The molecule has 3 aromatic rings. The lowest BCUT2D eigenvalue weighted by molar-refractivity contribution is 0.255. The van der Waals surface area contributed by atoms with E-state index in [0.29, 0.717) is 11.8 Å². The number of aromatic amines is 1. The zero-order valence-corrected chi connectivity index (χ0v) is 16.3. The van der Waals surface area contributed by atoms with Crippen molar-refractivity contribution in [3.8, 4) is 11.3 Å². The Bertz CT molecular complexity index is 914. The molecule has 3 nitrogen and oxygen atoms in total. The molecule has 0 bridgehead atoms. The Labute approximate surface area is 156 Å². The van der Waals surface area contributed by atoms with E-state index >= 15 is 0 Å². The van der Waals surface area contributed by atoms with Crippen LogP contribution in [0.3, 0.4) is 0 Å². The van der Waals surface area contributed by atoms with Crippen LogP contribution >= 0.6 is 0 Å². The summed E-state index contributed by atoms with van der Waals surface area (Å²) in [7, 11) is 2.23. The van der Waals surface area contributed by atoms with Gasteiger partial charge in [0.1, 0.15) is 0 Å². The molecular formula is C23H29N3. The summed E-state index contributed by atoms with van der Waals surface area (Å²) >= 11 is 0. The third-order valence-electron chi connectivity index (χ3n) is 5.82. The summed E-state index contributed by atoms with van der Waals surface area (Å²) in [6, 6.07) is 11.4. The van der Waals surface area contributed by atoms with Crippen LogP contribution < -0.4 is 0 Å². The molecule has 3 heteroatoms. The number of likely N-dealkylation sites (tertiary alicyclic amines) is 1. The average Bonchev–Trinajstić information content (AvgIpc) is 3.01. The number of H-pyrrole nitrogens is 1. The standard InChI is InChI=1S/C23H29N3/c1-15(2)22-20-14-18(17-8-11-26(4)12-9-17)5-6-21(20)25-23(22)19-7-10-24-16(3)13-19/h5-7,10,13-15,17,25H,8-9,11-12H2,1-4H3. The van der Waals surface area contributed by atoms with Crippen LogP contribution in [0.15, 0.2) is 36.5 Å². The second kappa shape index (κ2) is 6.88. The van der Waals surface area contributed by atoms with Gasteiger partial charge in [0, 0.05) is 28.4 Å². The minimum absolute atomic E-state index is 0.472. The van der Waals surface area contributed by atoms with Gasteiger partial charge in [-0.3, -0.25) is 4.98 Å². The third kappa shape index (κ3) is 3.16. The molecule has 1 fully saturated rings. The van der Waals surface area contributed by atoms with Crippen LogP contribution in [0.25, 0.3) is 22.2 Å². The van der Waals surface area contributed by atoms with Crippen molar-refractivity contribution in [1.82, 2.24) is 14.9 Å². The number of hydrogen-bond donors (Lipinski definition) is 1. The van der Waals surface area contributed by atoms with E-state index in [2.05, 4.69) is 73.0 Å². The van der Waals surface area contributed by atoms with Gasteiger partial charge in [0.15, 0.2) is 0 Å². The SMILES string of the molecule is Cc1cc(-c2[nH]c3ccc(C4CCN(C)CC4)cc3c2C(C)C)ccn1. The fourth-order valence-corrected chi connectivity index (χ4v) is 4.35. The highest BCUT2D eigenvalue weighted by atomic mass is 15.1. The lowest BCUT2D eigenvalue weighted by Crippen LogP contribution is -2.29. The highest BCUT2D eigenvalue weighted by Gasteiger charge is 2.21.